The highest BCUT2D eigenvalue weighted by Gasteiger charge is 2.16. The van der Waals surface area contributed by atoms with E-state index in [1.165, 1.54) is 6.07 Å². The van der Waals surface area contributed by atoms with Gasteiger partial charge >= 0.3 is 5.63 Å². The van der Waals surface area contributed by atoms with E-state index in [0.717, 1.165) is 22.1 Å². The second-order valence-electron chi connectivity index (χ2n) is 7.42. The molecule has 0 aliphatic carbocycles. The molecule has 0 radical (unpaired) electrons. The van der Waals surface area contributed by atoms with Gasteiger partial charge in [0, 0.05) is 34.9 Å². The van der Waals surface area contributed by atoms with Gasteiger partial charge in [0.15, 0.2) is 0 Å². The molecular weight excluding hydrogens is 424 g/mol. The Morgan fingerprint density at radius 1 is 1.00 bits per heavy atom. The van der Waals surface area contributed by atoms with Crippen molar-refractivity contribution in [2.45, 2.75) is 12.6 Å². The zero-order valence-corrected chi connectivity index (χ0v) is 17.8. The predicted molar refractivity (Wildman–Crippen MR) is 125 cm³/mol. The maximum atomic E-state index is 12.3. The van der Waals surface area contributed by atoms with Crippen LogP contribution in [0.2, 0.25) is 5.02 Å². The third-order valence-corrected chi connectivity index (χ3v) is 5.51. The van der Waals surface area contributed by atoms with Crippen LogP contribution in [0.25, 0.3) is 22.1 Å². The first-order valence-electron chi connectivity index (χ1n) is 10.2. The van der Waals surface area contributed by atoms with E-state index in [4.69, 9.17) is 20.8 Å². The molecule has 2 aromatic heterocycles. The monoisotopic (exact) mass is 442 g/mol. The number of benzene rings is 3. The van der Waals surface area contributed by atoms with Crippen molar-refractivity contribution in [3.8, 4) is 16.9 Å². The number of imidazole rings is 1. The molecule has 0 N–H and O–H groups in total. The lowest BCUT2D eigenvalue weighted by molar-refractivity contribution is 0.183. The molecule has 0 fully saturated rings. The van der Waals surface area contributed by atoms with Crippen molar-refractivity contribution in [3.05, 3.63) is 119 Å². The van der Waals surface area contributed by atoms with Crippen molar-refractivity contribution < 1.29 is 9.15 Å². The molecule has 1 atom stereocenters. The van der Waals surface area contributed by atoms with Gasteiger partial charge in [0.1, 0.15) is 17.4 Å². The van der Waals surface area contributed by atoms with Crippen molar-refractivity contribution in [2.24, 2.45) is 0 Å². The highest BCUT2D eigenvalue weighted by molar-refractivity contribution is 6.30. The number of fused-ring (bicyclic) bond motifs is 1. The second-order valence-corrected chi connectivity index (χ2v) is 7.86. The molecule has 6 heteroatoms. The molecule has 0 saturated carbocycles. The van der Waals surface area contributed by atoms with E-state index in [1.807, 2.05) is 65.4 Å². The Morgan fingerprint density at radius 3 is 2.56 bits per heavy atom. The van der Waals surface area contributed by atoms with E-state index >= 15 is 0 Å². The van der Waals surface area contributed by atoms with Crippen molar-refractivity contribution in [3.63, 3.8) is 0 Å². The SMILES string of the molecule is O=c1cc(-c2ccc(Cl)cc2)c2ccc(OC(Cn3ccnc3)c3ccccc3)cc2o1. The van der Waals surface area contributed by atoms with Crippen LogP contribution >= 0.6 is 11.6 Å². The molecule has 5 aromatic rings. The van der Waals surface area contributed by atoms with Crippen LogP contribution in [0.1, 0.15) is 11.7 Å². The summed E-state index contributed by atoms with van der Waals surface area (Å²) >= 11 is 6.02. The number of hydrogen-bond acceptors (Lipinski definition) is 4. The largest absolute Gasteiger partial charge is 0.484 e. The first-order chi connectivity index (χ1) is 15.7. The molecule has 0 spiro atoms. The van der Waals surface area contributed by atoms with Gasteiger partial charge in [-0.25, -0.2) is 9.78 Å². The zero-order valence-electron chi connectivity index (χ0n) is 17.0. The average molecular weight is 443 g/mol. The van der Waals surface area contributed by atoms with Gasteiger partial charge in [0.05, 0.1) is 12.9 Å². The van der Waals surface area contributed by atoms with Gasteiger partial charge in [-0.15, -0.1) is 0 Å². The minimum atomic E-state index is -0.419. The summed E-state index contributed by atoms with van der Waals surface area (Å²) in [5.74, 6) is 0.614. The number of rotatable bonds is 6. The summed E-state index contributed by atoms with van der Waals surface area (Å²) in [6.07, 6.45) is 5.16. The Hall–Kier alpha value is -3.83. The lowest BCUT2D eigenvalue weighted by Crippen LogP contribution is -2.14. The standard InChI is InChI=1S/C26H19ClN2O3/c27-20-8-6-18(7-9-20)23-15-26(30)32-24-14-21(10-11-22(23)24)31-25(16-29-13-12-28-17-29)19-4-2-1-3-5-19/h1-15,17,25H,16H2. The van der Waals surface area contributed by atoms with Gasteiger partial charge in [0.2, 0.25) is 0 Å². The summed E-state index contributed by atoms with van der Waals surface area (Å²) in [4.78, 5) is 16.4. The molecule has 3 aromatic carbocycles. The molecule has 0 bridgehead atoms. The Morgan fingerprint density at radius 2 is 1.81 bits per heavy atom. The Kier molecular flexibility index (Phi) is 5.48. The van der Waals surface area contributed by atoms with Crippen LogP contribution in [-0.2, 0) is 6.54 Å². The van der Waals surface area contributed by atoms with E-state index in [0.29, 0.717) is 22.9 Å². The Labute approximate surface area is 189 Å². The maximum Gasteiger partial charge on any atom is 0.336 e. The van der Waals surface area contributed by atoms with Crippen LogP contribution in [0.15, 0.2) is 107 Å². The van der Waals surface area contributed by atoms with Crippen LogP contribution in [0.5, 0.6) is 5.75 Å². The van der Waals surface area contributed by atoms with Gasteiger partial charge in [-0.2, -0.15) is 0 Å². The molecular formula is C26H19ClN2O3. The molecule has 0 saturated heterocycles. The summed E-state index contributed by atoms with van der Waals surface area (Å²) in [7, 11) is 0. The van der Waals surface area contributed by atoms with Gasteiger partial charge in [-0.3, -0.25) is 0 Å². The number of aromatic nitrogens is 2. The molecule has 0 aliphatic heterocycles. The molecule has 158 valence electrons. The fourth-order valence-corrected chi connectivity index (χ4v) is 3.84. The van der Waals surface area contributed by atoms with Crippen molar-refractivity contribution in [1.82, 2.24) is 9.55 Å². The quantitative estimate of drug-likeness (QED) is 0.297. The van der Waals surface area contributed by atoms with Crippen molar-refractivity contribution in [2.75, 3.05) is 0 Å². The highest BCUT2D eigenvalue weighted by Crippen LogP contribution is 2.32. The van der Waals surface area contributed by atoms with Gasteiger partial charge < -0.3 is 13.7 Å². The summed E-state index contributed by atoms with van der Waals surface area (Å²) in [5.41, 5.74) is 2.77. The lowest BCUT2D eigenvalue weighted by Gasteiger charge is -2.20. The van der Waals surface area contributed by atoms with E-state index in [1.54, 1.807) is 30.7 Å². The van der Waals surface area contributed by atoms with E-state index in [2.05, 4.69) is 4.98 Å². The van der Waals surface area contributed by atoms with E-state index in [-0.39, 0.29) is 6.10 Å². The van der Waals surface area contributed by atoms with Crippen molar-refractivity contribution >= 4 is 22.6 Å². The van der Waals surface area contributed by atoms with E-state index in [9.17, 15) is 4.79 Å². The minimum Gasteiger partial charge on any atom is -0.484 e. The molecule has 32 heavy (non-hydrogen) atoms. The van der Waals surface area contributed by atoms with Gasteiger partial charge in [-0.1, -0.05) is 54.1 Å². The second kappa shape index (κ2) is 8.73. The number of nitrogens with zero attached hydrogens (tertiary/aromatic N) is 2. The summed E-state index contributed by atoms with van der Waals surface area (Å²) in [6, 6.07) is 24.4. The normalized spacial score (nSPS) is 12.0. The van der Waals surface area contributed by atoms with Gasteiger partial charge in [-0.05, 0) is 41.0 Å². The van der Waals surface area contributed by atoms with Crippen LogP contribution < -0.4 is 10.4 Å². The predicted octanol–water partition coefficient (Wildman–Crippen LogP) is 6.13. The first kappa shape index (κ1) is 20.1. The van der Waals surface area contributed by atoms with Crippen LogP contribution in [0.3, 0.4) is 0 Å². The molecule has 5 nitrogen and oxygen atoms in total. The Bertz CT molecular complexity index is 1400. The lowest BCUT2D eigenvalue weighted by atomic mass is 10.0. The summed E-state index contributed by atoms with van der Waals surface area (Å²) in [6.45, 7) is 0.594. The fraction of sp³-hybridized carbons (Fsp3) is 0.0769. The zero-order chi connectivity index (χ0) is 21.9. The molecule has 1 unspecified atom stereocenters. The molecule has 0 aliphatic rings. The summed E-state index contributed by atoms with van der Waals surface area (Å²) in [5, 5.41) is 1.46. The topological polar surface area (TPSA) is 57.3 Å². The van der Waals surface area contributed by atoms with Gasteiger partial charge in [0.25, 0.3) is 0 Å². The average Bonchev–Trinajstić information content (AvgIpc) is 3.32. The molecule has 5 rings (SSSR count). The first-order valence-corrected chi connectivity index (χ1v) is 10.5. The highest BCUT2D eigenvalue weighted by atomic mass is 35.5. The maximum absolute atomic E-state index is 12.3. The third-order valence-electron chi connectivity index (χ3n) is 5.26. The molecule has 2 heterocycles. The number of ether oxygens (including phenoxy) is 1. The fourth-order valence-electron chi connectivity index (χ4n) is 3.71. The Balaban J connectivity index is 1.52. The minimum absolute atomic E-state index is 0.242. The van der Waals surface area contributed by atoms with E-state index < -0.39 is 5.63 Å². The summed E-state index contributed by atoms with van der Waals surface area (Å²) < 4.78 is 13.8. The number of hydrogen-bond donors (Lipinski definition) is 0. The smallest absolute Gasteiger partial charge is 0.336 e. The van der Waals surface area contributed by atoms with Crippen LogP contribution in [0, 0.1) is 0 Å². The number of halogens is 1. The van der Waals surface area contributed by atoms with Crippen LogP contribution in [0.4, 0.5) is 0 Å². The third kappa shape index (κ3) is 4.29. The molecule has 0 amide bonds. The van der Waals surface area contributed by atoms with Crippen LogP contribution in [-0.4, -0.2) is 9.55 Å². The van der Waals surface area contributed by atoms with Crippen molar-refractivity contribution in [1.29, 1.82) is 0 Å².